The molecule has 2 heterocycles. The number of pyridine rings is 1. The summed E-state index contributed by atoms with van der Waals surface area (Å²) >= 11 is 0. The molecular formula is C13H22ClN3. The highest BCUT2D eigenvalue weighted by Crippen LogP contribution is 2.09. The van der Waals surface area contributed by atoms with Crippen LogP contribution in [0.25, 0.3) is 0 Å². The number of hydrogen-bond acceptors (Lipinski definition) is 3. The lowest BCUT2D eigenvalue weighted by atomic mass is 10.0. The molecule has 1 saturated heterocycles. The molecule has 0 spiro atoms. The Kier molecular flexibility index (Phi) is 6.48. The van der Waals surface area contributed by atoms with Crippen LogP contribution in [0.5, 0.6) is 0 Å². The predicted octanol–water partition coefficient (Wildman–Crippen LogP) is 2.08. The molecule has 4 heteroatoms. The third kappa shape index (κ3) is 5.02. The molecule has 0 radical (unpaired) electrons. The Balaban J connectivity index is 0.00000144. The third-order valence-corrected chi connectivity index (χ3v) is 3.12. The van der Waals surface area contributed by atoms with E-state index in [1.165, 1.54) is 31.4 Å². The average molecular weight is 256 g/mol. The molecule has 1 fully saturated rings. The summed E-state index contributed by atoms with van der Waals surface area (Å²) in [5.74, 6) is 0. The largest absolute Gasteiger partial charge is 0.313 e. The van der Waals surface area contributed by atoms with Gasteiger partial charge < -0.3 is 10.2 Å². The molecule has 0 aliphatic carbocycles. The molecule has 0 bridgehead atoms. The Labute approximate surface area is 110 Å². The van der Waals surface area contributed by atoms with Crippen LogP contribution in [-0.2, 0) is 6.54 Å². The summed E-state index contributed by atoms with van der Waals surface area (Å²) in [5, 5.41) is 3.58. The van der Waals surface area contributed by atoms with Crippen molar-refractivity contribution in [1.29, 1.82) is 0 Å². The summed E-state index contributed by atoms with van der Waals surface area (Å²) in [6.45, 7) is 3.31. The van der Waals surface area contributed by atoms with Crippen molar-refractivity contribution in [3.63, 3.8) is 0 Å². The lowest BCUT2D eigenvalue weighted by Crippen LogP contribution is -2.42. The SMILES string of the molecule is CN(Cc1cccnc1)CC1CCCCN1.Cl. The monoisotopic (exact) mass is 255 g/mol. The number of likely N-dealkylation sites (N-methyl/N-ethyl adjacent to an activating group) is 1. The Bertz CT molecular complexity index is 299. The fourth-order valence-electron chi connectivity index (χ4n) is 2.32. The maximum Gasteiger partial charge on any atom is 0.0312 e. The molecule has 1 unspecified atom stereocenters. The Morgan fingerprint density at radius 2 is 2.35 bits per heavy atom. The van der Waals surface area contributed by atoms with Crippen molar-refractivity contribution in [3.05, 3.63) is 30.1 Å². The number of nitrogens with zero attached hydrogens (tertiary/aromatic N) is 2. The maximum atomic E-state index is 4.14. The first-order valence-corrected chi connectivity index (χ1v) is 6.15. The smallest absolute Gasteiger partial charge is 0.0312 e. The van der Waals surface area contributed by atoms with Crippen LogP contribution in [0.3, 0.4) is 0 Å². The van der Waals surface area contributed by atoms with Gasteiger partial charge in [-0.1, -0.05) is 12.5 Å². The van der Waals surface area contributed by atoms with E-state index in [-0.39, 0.29) is 12.4 Å². The second-order valence-corrected chi connectivity index (χ2v) is 4.70. The molecule has 1 aliphatic rings. The molecule has 17 heavy (non-hydrogen) atoms. The van der Waals surface area contributed by atoms with E-state index < -0.39 is 0 Å². The van der Waals surface area contributed by atoms with Crippen LogP contribution < -0.4 is 5.32 Å². The summed E-state index contributed by atoms with van der Waals surface area (Å²) < 4.78 is 0. The first-order chi connectivity index (χ1) is 7.84. The molecular weight excluding hydrogens is 234 g/mol. The minimum absolute atomic E-state index is 0. The summed E-state index contributed by atoms with van der Waals surface area (Å²) in [4.78, 5) is 6.52. The van der Waals surface area contributed by atoms with Gasteiger partial charge in [-0.05, 0) is 38.1 Å². The highest BCUT2D eigenvalue weighted by molar-refractivity contribution is 5.85. The number of aromatic nitrogens is 1. The second-order valence-electron chi connectivity index (χ2n) is 4.70. The fourth-order valence-corrected chi connectivity index (χ4v) is 2.32. The zero-order chi connectivity index (χ0) is 11.2. The van der Waals surface area contributed by atoms with E-state index >= 15 is 0 Å². The van der Waals surface area contributed by atoms with Gasteiger partial charge in [0.05, 0.1) is 0 Å². The van der Waals surface area contributed by atoms with Crippen molar-refractivity contribution in [2.75, 3.05) is 20.1 Å². The molecule has 0 aromatic carbocycles. The molecule has 1 aromatic rings. The van der Waals surface area contributed by atoms with E-state index in [2.05, 4.69) is 28.3 Å². The summed E-state index contributed by atoms with van der Waals surface area (Å²) in [5.41, 5.74) is 1.29. The van der Waals surface area contributed by atoms with Gasteiger partial charge in [0.1, 0.15) is 0 Å². The fraction of sp³-hybridized carbons (Fsp3) is 0.615. The Morgan fingerprint density at radius 1 is 1.47 bits per heavy atom. The molecule has 0 saturated carbocycles. The van der Waals surface area contributed by atoms with Crippen LogP contribution in [0.2, 0.25) is 0 Å². The van der Waals surface area contributed by atoms with Crippen LogP contribution in [-0.4, -0.2) is 36.1 Å². The Morgan fingerprint density at radius 3 is 3.00 bits per heavy atom. The van der Waals surface area contributed by atoms with Gasteiger partial charge in [0.2, 0.25) is 0 Å². The molecule has 2 rings (SSSR count). The number of halogens is 1. The number of nitrogens with one attached hydrogen (secondary N) is 1. The minimum Gasteiger partial charge on any atom is -0.313 e. The van der Waals surface area contributed by atoms with Gasteiger partial charge in [0, 0.05) is 31.5 Å². The van der Waals surface area contributed by atoms with E-state index in [9.17, 15) is 0 Å². The lowest BCUT2D eigenvalue weighted by Gasteiger charge is -2.28. The standard InChI is InChI=1S/C13H21N3.ClH/c1-16(10-12-5-4-7-14-9-12)11-13-6-2-3-8-15-13;/h4-5,7,9,13,15H,2-3,6,8,10-11H2,1H3;1H. The van der Waals surface area contributed by atoms with Crippen LogP contribution in [0.1, 0.15) is 24.8 Å². The van der Waals surface area contributed by atoms with Crippen molar-refractivity contribution >= 4 is 12.4 Å². The molecule has 1 atom stereocenters. The van der Waals surface area contributed by atoms with Crippen molar-refractivity contribution in [2.24, 2.45) is 0 Å². The van der Waals surface area contributed by atoms with Gasteiger partial charge in [0.25, 0.3) is 0 Å². The van der Waals surface area contributed by atoms with E-state index in [1.54, 1.807) is 0 Å². The Hall–Kier alpha value is -0.640. The van der Waals surface area contributed by atoms with Gasteiger partial charge in [-0.25, -0.2) is 0 Å². The molecule has 1 N–H and O–H groups in total. The zero-order valence-corrected chi connectivity index (χ0v) is 11.2. The maximum absolute atomic E-state index is 4.14. The minimum atomic E-state index is 0. The van der Waals surface area contributed by atoms with Crippen LogP contribution in [0.4, 0.5) is 0 Å². The van der Waals surface area contributed by atoms with Crippen LogP contribution >= 0.6 is 12.4 Å². The zero-order valence-electron chi connectivity index (χ0n) is 10.4. The van der Waals surface area contributed by atoms with Crippen LogP contribution in [0.15, 0.2) is 24.5 Å². The van der Waals surface area contributed by atoms with E-state index in [0.29, 0.717) is 6.04 Å². The molecule has 3 nitrogen and oxygen atoms in total. The van der Waals surface area contributed by atoms with Gasteiger partial charge in [0.15, 0.2) is 0 Å². The molecule has 96 valence electrons. The number of rotatable bonds is 4. The van der Waals surface area contributed by atoms with Crippen molar-refractivity contribution in [2.45, 2.75) is 31.8 Å². The molecule has 1 aliphatic heterocycles. The van der Waals surface area contributed by atoms with Gasteiger partial charge in [-0.15, -0.1) is 12.4 Å². The normalized spacial score (nSPS) is 20.0. The van der Waals surface area contributed by atoms with Crippen molar-refractivity contribution in [3.8, 4) is 0 Å². The topological polar surface area (TPSA) is 28.2 Å². The van der Waals surface area contributed by atoms with E-state index in [1.807, 2.05) is 18.5 Å². The average Bonchev–Trinajstić information content (AvgIpc) is 2.31. The predicted molar refractivity (Wildman–Crippen MR) is 73.5 cm³/mol. The molecule has 1 aromatic heterocycles. The van der Waals surface area contributed by atoms with Gasteiger partial charge >= 0.3 is 0 Å². The second kappa shape index (κ2) is 7.64. The quantitative estimate of drug-likeness (QED) is 0.893. The summed E-state index contributed by atoms with van der Waals surface area (Å²) in [7, 11) is 2.18. The van der Waals surface area contributed by atoms with E-state index in [4.69, 9.17) is 0 Å². The van der Waals surface area contributed by atoms with Crippen LogP contribution in [0, 0.1) is 0 Å². The van der Waals surface area contributed by atoms with E-state index in [0.717, 1.165) is 13.1 Å². The summed E-state index contributed by atoms with van der Waals surface area (Å²) in [6, 6.07) is 4.82. The highest BCUT2D eigenvalue weighted by Gasteiger charge is 2.14. The van der Waals surface area contributed by atoms with Gasteiger partial charge in [-0.3, -0.25) is 4.98 Å². The third-order valence-electron chi connectivity index (χ3n) is 3.12. The lowest BCUT2D eigenvalue weighted by molar-refractivity contribution is 0.256. The first kappa shape index (κ1) is 14.4. The van der Waals surface area contributed by atoms with Crippen molar-refractivity contribution in [1.82, 2.24) is 15.2 Å². The highest BCUT2D eigenvalue weighted by atomic mass is 35.5. The van der Waals surface area contributed by atoms with Crippen molar-refractivity contribution < 1.29 is 0 Å². The first-order valence-electron chi connectivity index (χ1n) is 6.15. The summed E-state index contributed by atoms with van der Waals surface area (Å²) in [6.07, 6.45) is 7.80. The molecule has 0 amide bonds. The number of piperidine rings is 1. The number of hydrogen-bond donors (Lipinski definition) is 1. The van der Waals surface area contributed by atoms with Gasteiger partial charge in [-0.2, -0.15) is 0 Å².